The summed E-state index contributed by atoms with van der Waals surface area (Å²) in [5.41, 5.74) is 4.52. The number of carbonyl (C=O) groups is 1. The van der Waals surface area contributed by atoms with E-state index < -0.39 is 0 Å². The Morgan fingerprint density at radius 2 is 2.00 bits per heavy atom. The maximum Gasteiger partial charge on any atom is 0.271 e. The number of aryl methyl sites for hydroxylation is 1. The molecule has 0 aliphatic rings. The van der Waals surface area contributed by atoms with Gasteiger partial charge >= 0.3 is 0 Å². The number of carbonyl (C=O) groups excluding carboxylic acids is 1. The Kier molecular flexibility index (Phi) is 4.26. The molecule has 1 aromatic heterocycles. The highest BCUT2D eigenvalue weighted by atomic mass is 35.5. The van der Waals surface area contributed by atoms with E-state index in [0.717, 1.165) is 5.69 Å². The number of amides is 1. The summed E-state index contributed by atoms with van der Waals surface area (Å²) in [6.07, 6.45) is 1.50. The molecule has 0 aliphatic carbocycles. The summed E-state index contributed by atoms with van der Waals surface area (Å²) < 4.78 is 0. The Labute approximate surface area is 116 Å². The van der Waals surface area contributed by atoms with Gasteiger partial charge in [-0.15, -0.1) is 0 Å². The molecular formula is C14H12ClN3O. The van der Waals surface area contributed by atoms with E-state index in [0.29, 0.717) is 16.3 Å². The van der Waals surface area contributed by atoms with Gasteiger partial charge in [0, 0.05) is 16.3 Å². The monoisotopic (exact) mass is 273 g/mol. The Bertz CT molecular complexity index is 608. The van der Waals surface area contributed by atoms with Crippen molar-refractivity contribution in [2.24, 2.45) is 5.10 Å². The standard InChI is InChI=1S/C14H12ClN3O/c1-10-3-2-4-13(17-10)9-16-18-14(19)11-5-7-12(15)8-6-11/h2-9H,1H3,(H,18,19)/b16-9-. The van der Waals surface area contributed by atoms with E-state index in [2.05, 4.69) is 15.5 Å². The number of hydrogen-bond acceptors (Lipinski definition) is 3. The van der Waals surface area contributed by atoms with E-state index in [1.165, 1.54) is 6.21 Å². The van der Waals surface area contributed by atoms with Crippen molar-refractivity contribution < 1.29 is 4.79 Å². The van der Waals surface area contributed by atoms with E-state index in [1.54, 1.807) is 24.3 Å². The van der Waals surface area contributed by atoms with Crippen molar-refractivity contribution in [1.82, 2.24) is 10.4 Å². The molecule has 0 unspecified atom stereocenters. The van der Waals surface area contributed by atoms with Crippen LogP contribution in [0.4, 0.5) is 0 Å². The molecule has 96 valence electrons. The SMILES string of the molecule is Cc1cccc(/C=N\NC(=O)c2ccc(Cl)cc2)n1. The van der Waals surface area contributed by atoms with Gasteiger partial charge < -0.3 is 0 Å². The molecule has 2 rings (SSSR count). The molecule has 0 saturated heterocycles. The van der Waals surface area contributed by atoms with E-state index >= 15 is 0 Å². The van der Waals surface area contributed by atoms with Crippen LogP contribution in [-0.2, 0) is 0 Å². The molecule has 2 aromatic rings. The number of aromatic nitrogens is 1. The molecule has 0 saturated carbocycles. The molecule has 19 heavy (non-hydrogen) atoms. The Morgan fingerprint density at radius 1 is 1.26 bits per heavy atom. The second-order valence-corrected chi connectivity index (χ2v) is 4.35. The largest absolute Gasteiger partial charge is 0.271 e. The van der Waals surface area contributed by atoms with E-state index in [4.69, 9.17) is 11.6 Å². The number of hydrazone groups is 1. The van der Waals surface area contributed by atoms with Crippen LogP contribution >= 0.6 is 11.6 Å². The molecule has 0 atom stereocenters. The lowest BCUT2D eigenvalue weighted by molar-refractivity contribution is 0.0955. The van der Waals surface area contributed by atoms with Crippen molar-refractivity contribution in [3.8, 4) is 0 Å². The van der Waals surface area contributed by atoms with Gasteiger partial charge in [-0.2, -0.15) is 5.10 Å². The first-order valence-corrected chi connectivity index (χ1v) is 6.05. The summed E-state index contributed by atoms with van der Waals surface area (Å²) in [6, 6.07) is 12.2. The van der Waals surface area contributed by atoms with Gasteiger partial charge in [-0.25, -0.2) is 5.43 Å². The Balaban J connectivity index is 1.98. The molecule has 1 amide bonds. The lowest BCUT2D eigenvalue weighted by Crippen LogP contribution is -2.17. The summed E-state index contributed by atoms with van der Waals surface area (Å²) in [5.74, 6) is -0.291. The Hall–Kier alpha value is -2.20. The minimum Gasteiger partial charge on any atom is -0.267 e. The molecule has 1 N–H and O–H groups in total. The predicted octanol–water partition coefficient (Wildman–Crippen LogP) is 2.81. The summed E-state index contributed by atoms with van der Waals surface area (Å²) >= 11 is 5.75. The maximum atomic E-state index is 11.7. The number of rotatable bonds is 3. The summed E-state index contributed by atoms with van der Waals surface area (Å²) in [4.78, 5) is 16.0. The zero-order chi connectivity index (χ0) is 13.7. The van der Waals surface area contributed by atoms with Crippen LogP contribution in [0.5, 0.6) is 0 Å². The fourth-order valence-electron chi connectivity index (χ4n) is 1.46. The topological polar surface area (TPSA) is 54.4 Å². The van der Waals surface area contributed by atoms with Crippen LogP contribution in [-0.4, -0.2) is 17.1 Å². The first-order chi connectivity index (χ1) is 9.15. The van der Waals surface area contributed by atoms with Gasteiger partial charge in [0.25, 0.3) is 5.91 Å². The fraction of sp³-hybridized carbons (Fsp3) is 0.0714. The van der Waals surface area contributed by atoms with Crippen LogP contribution in [0, 0.1) is 6.92 Å². The van der Waals surface area contributed by atoms with Gasteiger partial charge in [-0.1, -0.05) is 17.7 Å². The summed E-state index contributed by atoms with van der Waals surface area (Å²) in [6.45, 7) is 1.89. The number of nitrogens with zero attached hydrogens (tertiary/aromatic N) is 2. The van der Waals surface area contributed by atoms with Gasteiger partial charge in [0.15, 0.2) is 0 Å². The number of hydrogen-bond donors (Lipinski definition) is 1. The minimum atomic E-state index is -0.291. The molecule has 0 bridgehead atoms. The highest BCUT2D eigenvalue weighted by Crippen LogP contribution is 2.09. The van der Waals surface area contributed by atoms with Crippen molar-refractivity contribution in [2.45, 2.75) is 6.92 Å². The number of halogens is 1. The molecule has 4 nitrogen and oxygen atoms in total. The average molecular weight is 274 g/mol. The second-order valence-electron chi connectivity index (χ2n) is 3.91. The smallest absolute Gasteiger partial charge is 0.267 e. The first kappa shape index (κ1) is 13.2. The van der Waals surface area contributed by atoms with Gasteiger partial charge in [0.2, 0.25) is 0 Å². The highest BCUT2D eigenvalue weighted by Gasteiger charge is 2.02. The van der Waals surface area contributed by atoms with Gasteiger partial charge in [-0.05, 0) is 43.3 Å². The van der Waals surface area contributed by atoms with Crippen LogP contribution in [0.15, 0.2) is 47.6 Å². The number of benzene rings is 1. The van der Waals surface area contributed by atoms with E-state index in [1.807, 2.05) is 25.1 Å². The maximum absolute atomic E-state index is 11.7. The molecular weight excluding hydrogens is 262 g/mol. The summed E-state index contributed by atoms with van der Waals surface area (Å²) in [5, 5.41) is 4.45. The van der Waals surface area contributed by atoms with Crippen LogP contribution in [0.3, 0.4) is 0 Å². The van der Waals surface area contributed by atoms with Crippen LogP contribution in [0.25, 0.3) is 0 Å². The van der Waals surface area contributed by atoms with Crippen LogP contribution in [0.2, 0.25) is 5.02 Å². The summed E-state index contributed by atoms with van der Waals surface area (Å²) in [7, 11) is 0. The molecule has 5 heteroatoms. The van der Waals surface area contributed by atoms with Crippen LogP contribution < -0.4 is 5.43 Å². The highest BCUT2D eigenvalue weighted by molar-refractivity contribution is 6.30. The minimum absolute atomic E-state index is 0.291. The zero-order valence-corrected chi connectivity index (χ0v) is 11.1. The first-order valence-electron chi connectivity index (χ1n) is 5.68. The average Bonchev–Trinajstić information content (AvgIpc) is 2.39. The van der Waals surface area contributed by atoms with E-state index in [9.17, 15) is 4.79 Å². The van der Waals surface area contributed by atoms with Crippen LogP contribution in [0.1, 0.15) is 21.7 Å². The number of pyridine rings is 1. The predicted molar refractivity (Wildman–Crippen MR) is 75.5 cm³/mol. The van der Waals surface area contributed by atoms with Crippen molar-refractivity contribution in [3.63, 3.8) is 0 Å². The normalized spacial score (nSPS) is 10.6. The van der Waals surface area contributed by atoms with Crippen molar-refractivity contribution >= 4 is 23.7 Å². The third-order valence-electron chi connectivity index (χ3n) is 2.38. The van der Waals surface area contributed by atoms with Crippen molar-refractivity contribution in [2.75, 3.05) is 0 Å². The van der Waals surface area contributed by atoms with Gasteiger partial charge in [0.05, 0.1) is 11.9 Å². The number of nitrogens with one attached hydrogen (secondary N) is 1. The van der Waals surface area contributed by atoms with Gasteiger partial charge in [-0.3, -0.25) is 9.78 Å². The van der Waals surface area contributed by atoms with Crippen molar-refractivity contribution in [3.05, 3.63) is 64.4 Å². The van der Waals surface area contributed by atoms with Gasteiger partial charge in [0.1, 0.15) is 0 Å². The third-order valence-corrected chi connectivity index (χ3v) is 2.63. The van der Waals surface area contributed by atoms with Crippen molar-refractivity contribution in [1.29, 1.82) is 0 Å². The molecule has 0 fully saturated rings. The molecule has 0 aliphatic heterocycles. The molecule has 1 aromatic carbocycles. The molecule has 0 radical (unpaired) electrons. The third kappa shape index (κ3) is 3.89. The quantitative estimate of drug-likeness (QED) is 0.691. The molecule has 1 heterocycles. The zero-order valence-electron chi connectivity index (χ0n) is 10.3. The fourth-order valence-corrected chi connectivity index (χ4v) is 1.58. The second kappa shape index (κ2) is 6.11. The van der Waals surface area contributed by atoms with E-state index in [-0.39, 0.29) is 5.91 Å². The lowest BCUT2D eigenvalue weighted by Gasteiger charge is -1.99. The lowest BCUT2D eigenvalue weighted by atomic mass is 10.2. The Morgan fingerprint density at radius 3 is 2.68 bits per heavy atom. The molecule has 0 spiro atoms.